The number of benzene rings is 1. The third-order valence-corrected chi connectivity index (χ3v) is 3.73. The first-order chi connectivity index (χ1) is 9.52. The molecule has 0 bridgehead atoms. The van der Waals surface area contributed by atoms with Crippen molar-refractivity contribution < 1.29 is 14.3 Å². The zero-order valence-corrected chi connectivity index (χ0v) is 11.8. The smallest absolute Gasteiger partial charge is 0.405 e. The molecule has 3 N–H and O–H groups in total. The van der Waals surface area contributed by atoms with Gasteiger partial charge in [-0.2, -0.15) is 0 Å². The summed E-state index contributed by atoms with van der Waals surface area (Å²) in [5.74, 6) is -0.335. The molecule has 0 radical (unpaired) electrons. The molecule has 1 fully saturated rings. The summed E-state index contributed by atoms with van der Waals surface area (Å²) in [7, 11) is 0. The van der Waals surface area contributed by atoms with Crippen molar-refractivity contribution in [2.75, 3.05) is 5.32 Å². The minimum Gasteiger partial charge on any atom is -0.433 e. The van der Waals surface area contributed by atoms with Crippen molar-refractivity contribution in [1.82, 2.24) is 0 Å². The summed E-state index contributed by atoms with van der Waals surface area (Å²) in [6, 6.07) is 6.75. The molecule has 0 saturated heterocycles. The van der Waals surface area contributed by atoms with E-state index in [-0.39, 0.29) is 5.91 Å². The molecule has 108 valence electrons. The Morgan fingerprint density at radius 2 is 1.75 bits per heavy atom. The summed E-state index contributed by atoms with van der Waals surface area (Å²) >= 11 is 5.79. The number of amides is 2. The maximum atomic E-state index is 12.4. The number of hydrogen-bond acceptors (Lipinski definition) is 3. The van der Waals surface area contributed by atoms with E-state index in [1.807, 2.05) is 0 Å². The standard InChI is InChI=1S/C14H17ClN2O3/c15-10-4-6-11(7-5-10)17-12(18)14(20-13(16)19)8-2-1-3-9-14/h4-7H,1-3,8-9H2,(H2,16,19)(H,17,18). The fourth-order valence-corrected chi connectivity index (χ4v) is 2.60. The van der Waals surface area contributed by atoms with Crippen LogP contribution in [0.5, 0.6) is 0 Å². The number of nitrogens with two attached hydrogens (primary N) is 1. The highest BCUT2D eigenvalue weighted by atomic mass is 35.5. The maximum absolute atomic E-state index is 12.4. The second-order valence-electron chi connectivity index (χ2n) is 4.94. The van der Waals surface area contributed by atoms with Gasteiger partial charge in [0.05, 0.1) is 0 Å². The summed E-state index contributed by atoms with van der Waals surface area (Å²) in [4.78, 5) is 23.5. The van der Waals surface area contributed by atoms with Gasteiger partial charge in [-0.1, -0.05) is 18.0 Å². The highest BCUT2D eigenvalue weighted by Gasteiger charge is 2.43. The molecule has 0 spiro atoms. The Labute approximate surface area is 122 Å². The zero-order chi connectivity index (χ0) is 14.6. The third-order valence-electron chi connectivity index (χ3n) is 3.47. The van der Waals surface area contributed by atoms with Gasteiger partial charge in [-0.25, -0.2) is 4.79 Å². The van der Waals surface area contributed by atoms with Crippen LogP contribution in [0.4, 0.5) is 10.5 Å². The number of rotatable bonds is 3. The molecule has 20 heavy (non-hydrogen) atoms. The van der Waals surface area contributed by atoms with Gasteiger partial charge in [0.15, 0.2) is 5.60 Å². The highest BCUT2D eigenvalue weighted by molar-refractivity contribution is 6.30. The van der Waals surface area contributed by atoms with E-state index in [9.17, 15) is 9.59 Å². The van der Waals surface area contributed by atoms with Gasteiger partial charge in [0.2, 0.25) is 0 Å². The van der Waals surface area contributed by atoms with Gasteiger partial charge in [0.1, 0.15) is 0 Å². The largest absolute Gasteiger partial charge is 0.433 e. The van der Waals surface area contributed by atoms with E-state index < -0.39 is 11.7 Å². The number of carbonyl (C=O) groups excluding carboxylic acids is 2. The van der Waals surface area contributed by atoms with Gasteiger partial charge < -0.3 is 15.8 Å². The van der Waals surface area contributed by atoms with Crippen molar-refractivity contribution in [3.8, 4) is 0 Å². The minimum absolute atomic E-state index is 0.335. The van der Waals surface area contributed by atoms with Crippen molar-refractivity contribution >= 4 is 29.3 Å². The number of carbonyl (C=O) groups is 2. The predicted octanol–water partition coefficient (Wildman–Crippen LogP) is 3.08. The number of ether oxygens (including phenoxy) is 1. The van der Waals surface area contributed by atoms with Crippen molar-refractivity contribution in [3.05, 3.63) is 29.3 Å². The lowest BCUT2D eigenvalue weighted by Gasteiger charge is -2.34. The number of anilines is 1. The lowest BCUT2D eigenvalue weighted by atomic mass is 9.84. The summed E-state index contributed by atoms with van der Waals surface area (Å²) in [5.41, 5.74) is 4.56. The van der Waals surface area contributed by atoms with Gasteiger partial charge in [-0.05, 0) is 49.9 Å². The first kappa shape index (κ1) is 14.7. The number of primary amides is 1. The summed E-state index contributed by atoms with van der Waals surface area (Å²) in [5, 5.41) is 3.34. The Morgan fingerprint density at radius 3 is 2.30 bits per heavy atom. The van der Waals surface area contributed by atoms with Crippen molar-refractivity contribution in [1.29, 1.82) is 0 Å². The Balaban J connectivity index is 2.13. The Bertz CT molecular complexity index is 496. The maximum Gasteiger partial charge on any atom is 0.405 e. The molecule has 5 nitrogen and oxygen atoms in total. The molecule has 1 aromatic rings. The lowest BCUT2D eigenvalue weighted by Crippen LogP contribution is -2.49. The van der Waals surface area contributed by atoms with Gasteiger partial charge in [-0.3, -0.25) is 4.79 Å². The normalized spacial score (nSPS) is 17.2. The molecular formula is C14H17ClN2O3. The molecule has 1 saturated carbocycles. The van der Waals surface area contributed by atoms with E-state index in [2.05, 4.69) is 5.32 Å². The lowest BCUT2D eigenvalue weighted by molar-refractivity contribution is -0.137. The molecule has 6 heteroatoms. The van der Waals surface area contributed by atoms with Crippen LogP contribution >= 0.6 is 11.6 Å². The SMILES string of the molecule is NC(=O)OC1(C(=O)Nc2ccc(Cl)cc2)CCCCC1. The monoisotopic (exact) mass is 296 g/mol. The van der Waals surface area contributed by atoms with Gasteiger partial charge in [0.25, 0.3) is 5.91 Å². The van der Waals surface area contributed by atoms with Crippen molar-refractivity contribution in [2.45, 2.75) is 37.7 Å². The Hall–Kier alpha value is -1.75. The Morgan fingerprint density at radius 1 is 1.15 bits per heavy atom. The molecule has 0 aromatic heterocycles. The minimum atomic E-state index is -1.15. The summed E-state index contributed by atoms with van der Waals surface area (Å²) < 4.78 is 5.14. The van der Waals surface area contributed by atoms with Crippen molar-refractivity contribution in [2.24, 2.45) is 5.73 Å². The van der Waals surface area contributed by atoms with Crippen molar-refractivity contribution in [3.63, 3.8) is 0 Å². The van der Waals surface area contributed by atoms with Gasteiger partial charge in [-0.15, -0.1) is 0 Å². The number of nitrogens with one attached hydrogen (secondary N) is 1. The van der Waals surface area contributed by atoms with E-state index in [1.165, 1.54) is 0 Å². The van der Waals surface area contributed by atoms with Crippen LogP contribution in [0.3, 0.4) is 0 Å². The average molecular weight is 297 g/mol. The number of hydrogen-bond donors (Lipinski definition) is 2. The van der Waals surface area contributed by atoms with Crippen LogP contribution in [0, 0.1) is 0 Å². The first-order valence-electron chi connectivity index (χ1n) is 6.57. The molecule has 2 rings (SSSR count). The Kier molecular flexibility index (Phi) is 4.49. The topological polar surface area (TPSA) is 81.4 Å². The average Bonchev–Trinajstić information content (AvgIpc) is 2.41. The van der Waals surface area contributed by atoms with Gasteiger partial charge in [0, 0.05) is 10.7 Å². The second-order valence-corrected chi connectivity index (χ2v) is 5.37. The van der Waals surface area contributed by atoms with Crippen LogP contribution in [-0.4, -0.2) is 17.6 Å². The van der Waals surface area contributed by atoms with Crippen LogP contribution < -0.4 is 11.1 Å². The molecule has 0 unspecified atom stereocenters. The quantitative estimate of drug-likeness (QED) is 0.899. The number of halogens is 1. The molecule has 1 aromatic carbocycles. The van der Waals surface area contributed by atoms with Crippen LogP contribution in [0.25, 0.3) is 0 Å². The van der Waals surface area contributed by atoms with E-state index >= 15 is 0 Å². The summed E-state index contributed by atoms with van der Waals surface area (Å²) in [6.07, 6.45) is 2.77. The van der Waals surface area contributed by atoms with Crippen LogP contribution in [0.1, 0.15) is 32.1 Å². The fourth-order valence-electron chi connectivity index (χ4n) is 2.47. The van der Waals surface area contributed by atoms with Crippen LogP contribution in [0.2, 0.25) is 5.02 Å². The second kappa shape index (κ2) is 6.13. The summed E-state index contributed by atoms with van der Waals surface area (Å²) in [6.45, 7) is 0. The molecule has 2 amide bonds. The highest BCUT2D eigenvalue weighted by Crippen LogP contribution is 2.33. The third kappa shape index (κ3) is 3.42. The van der Waals surface area contributed by atoms with E-state index in [4.69, 9.17) is 22.1 Å². The van der Waals surface area contributed by atoms with Crippen LogP contribution in [-0.2, 0) is 9.53 Å². The molecule has 0 aliphatic heterocycles. The van der Waals surface area contributed by atoms with Gasteiger partial charge >= 0.3 is 6.09 Å². The van der Waals surface area contributed by atoms with E-state index in [1.54, 1.807) is 24.3 Å². The molecule has 0 heterocycles. The zero-order valence-electron chi connectivity index (χ0n) is 11.0. The predicted molar refractivity (Wildman–Crippen MR) is 76.6 cm³/mol. The molecule has 1 aliphatic rings. The van der Waals surface area contributed by atoms with E-state index in [0.29, 0.717) is 23.6 Å². The molecule has 1 aliphatic carbocycles. The molecule has 0 atom stereocenters. The fraction of sp³-hybridized carbons (Fsp3) is 0.429. The first-order valence-corrected chi connectivity index (χ1v) is 6.95. The van der Waals surface area contributed by atoms with Crippen LogP contribution in [0.15, 0.2) is 24.3 Å². The molecular weight excluding hydrogens is 280 g/mol. The van der Waals surface area contributed by atoms with E-state index in [0.717, 1.165) is 19.3 Å².